The van der Waals surface area contributed by atoms with Crippen LogP contribution in [0.4, 0.5) is 0 Å². The zero-order valence-electron chi connectivity index (χ0n) is 11.4. The van der Waals surface area contributed by atoms with Gasteiger partial charge in [-0.2, -0.15) is 0 Å². The molecule has 1 atom stereocenters. The second-order valence-electron chi connectivity index (χ2n) is 5.17. The molecule has 0 radical (unpaired) electrons. The predicted octanol–water partition coefficient (Wildman–Crippen LogP) is 0.535. The van der Waals surface area contributed by atoms with Crippen molar-refractivity contribution in [2.24, 2.45) is 5.92 Å². The highest BCUT2D eigenvalue weighted by Crippen LogP contribution is 2.21. The van der Waals surface area contributed by atoms with Crippen molar-refractivity contribution in [2.45, 2.75) is 13.0 Å². The molecule has 21 heavy (non-hydrogen) atoms. The lowest BCUT2D eigenvalue weighted by Gasteiger charge is -2.23. The lowest BCUT2D eigenvalue weighted by Crippen LogP contribution is -2.39. The van der Waals surface area contributed by atoms with Gasteiger partial charge in [-0.05, 0) is 12.0 Å². The molecular formula is C14H17NO5S. The van der Waals surface area contributed by atoms with Gasteiger partial charge in [0.05, 0.1) is 17.4 Å². The Balaban J connectivity index is 2.12. The van der Waals surface area contributed by atoms with Gasteiger partial charge in [-0.15, -0.1) is 0 Å². The Morgan fingerprint density at radius 1 is 1.24 bits per heavy atom. The van der Waals surface area contributed by atoms with Crippen LogP contribution in [0.2, 0.25) is 0 Å². The zero-order chi connectivity index (χ0) is 15.5. The van der Waals surface area contributed by atoms with Crippen molar-refractivity contribution in [2.75, 3.05) is 18.1 Å². The Kier molecular flexibility index (Phi) is 4.62. The van der Waals surface area contributed by atoms with E-state index in [1.807, 2.05) is 6.07 Å². The van der Waals surface area contributed by atoms with Gasteiger partial charge in [0, 0.05) is 6.54 Å². The van der Waals surface area contributed by atoms with Crippen LogP contribution in [0.5, 0.6) is 0 Å². The van der Waals surface area contributed by atoms with E-state index in [9.17, 15) is 18.0 Å². The molecule has 0 saturated carbocycles. The maximum Gasteiger partial charge on any atom is 0.323 e. The number of hydrogen-bond acceptors (Lipinski definition) is 4. The summed E-state index contributed by atoms with van der Waals surface area (Å²) in [7, 11) is -3.17. The van der Waals surface area contributed by atoms with E-state index in [0.29, 0.717) is 0 Å². The normalized spacial score (nSPS) is 20.1. The van der Waals surface area contributed by atoms with Crippen molar-refractivity contribution >= 4 is 21.7 Å². The Bertz CT molecular complexity index is 626. The molecule has 2 rings (SSSR count). The van der Waals surface area contributed by atoms with E-state index in [1.165, 1.54) is 4.90 Å². The number of carboxylic acid groups (broad SMARTS) is 1. The Morgan fingerprint density at radius 2 is 1.90 bits per heavy atom. The van der Waals surface area contributed by atoms with E-state index in [4.69, 9.17) is 5.11 Å². The van der Waals surface area contributed by atoms with Crippen LogP contribution in [0.15, 0.2) is 30.3 Å². The van der Waals surface area contributed by atoms with Gasteiger partial charge in [-0.25, -0.2) is 8.42 Å². The van der Waals surface area contributed by atoms with Crippen LogP contribution in [-0.4, -0.2) is 48.4 Å². The average Bonchev–Trinajstić information content (AvgIpc) is 2.78. The number of rotatable bonds is 5. The molecule has 1 amide bonds. The molecule has 1 aromatic rings. The van der Waals surface area contributed by atoms with E-state index < -0.39 is 34.2 Å². The summed E-state index contributed by atoms with van der Waals surface area (Å²) in [5, 5.41) is 8.94. The summed E-state index contributed by atoms with van der Waals surface area (Å²) < 4.78 is 22.9. The summed E-state index contributed by atoms with van der Waals surface area (Å²) in [5.41, 5.74) is 0.813. The topological polar surface area (TPSA) is 91.8 Å². The molecule has 6 nitrogen and oxygen atoms in total. The number of benzene rings is 1. The minimum Gasteiger partial charge on any atom is -0.480 e. The third-order valence-corrected chi connectivity index (χ3v) is 5.20. The van der Waals surface area contributed by atoms with Gasteiger partial charge in [0.25, 0.3) is 0 Å². The second kappa shape index (κ2) is 6.26. The fraction of sp³-hybridized carbons (Fsp3) is 0.429. The van der Waals surface area contributed by atoms with Crippen molar-refractivity contribution in [1.29, 1.82) is 0 Å². The van der Waals surface area contributed by atoms with Crippen LogP contribution in [-0.2, 0) is 26.0 Å². The van der Waals surface area contributed by atoms with Gasteiger partial charge < -0.3 is 10.0 Å². The highest BCUT2D eigenvalue weighted by molar-refractivity contribution is 7.91. The molecule has 114 valence electrons. The van der Waals surface area contributed by atoms with Crippen molar-refractivity contribution < 1.29 is 23.1 Å². The summed E-state index contributed by atoms with van der Waals surface area (Å²) in [6, 6.07) is 9.04. The molecule has 0 spiro atoms. The third-order valence-electron chi connectivity index (χ3n) is 3.44. The first-order valence-electron chi connectivity index (χ1n) is 6.62. The van der Waals surface area contributed by atoms with Gasteiger partial charge in [0.2, 0.25) is 5.91 Å². The summed E-state index contributed by atoms with van der Waals surface area (Å²) >= 11 is 0. The Hall–Kier alpha value is -1.89. The second-order valence-corrected chi connectivity index (χ2v) is 7.40. The van der Waals surface area contributed by atoms with Gasteiger partial charge in [0.1, 0.15) is 6.54 Å². The monoisotopic (exact) mass is 311 g/mol. The van der Waals surface area contributed by atoms with Gasteiger partial charge in [-0.1, -0.05) is 30.3 Å². The van der Waals surface area contributed by atoms with Crippen LogP contribution < -0.4 is 0 Å². The minimum absolute atomic E-state index is 0.00431. The molecule has 1 saturated heterocycles. The van der Waals surface area contributed by atoms with Crippen LogP contribution in [0.3, 0.4) is 0 Å². The van der Waals surface area contributed by atoms with Crippen molar-refractivity contribution in [3.63, 3.8) is 0 Å². The van der Waals surface area contributed by atoms with Crippen LogP contribution in [0.25, 0.3) is 0 Å². The average molecular weight is 311 g/mol. The lowest BCUT2D eigenvalue weighted by atomic mass is 10.1. The number of aliphatic carboxylic acids is 1. The van der Waals surface area contributed by atoms with Crippen LogP contribution in [0, 0.1) is 5.92 Å². The number of carbonyl (C=O) groups excluding carboxylic acids is 1. The highest BCUT2D eigenvalue weighted by atomic mass is 32.2. The van der Waals surface area contributed by atoms with E-state index >= 15 is 0 Å². The standard InChI is InChI=1S/C14H17NO5S/c16-13(17)9-15(8-11-4-2-1-3-5-11)14(18)12-6-7-21(19,20)10-12/h1-5,12H,6-10H2,(H,16,17)/t12-/m1/s1. The van der Waals surface area contributed by atoms with Gasteiger partial charge >= 0.3 is 5.97 Å². The van der Waals surface area contributed by atoms with E-state index in [-0.39, 0.29) is 24.5 Å². The SMILES string of the molecule is O=C(O)CN(Cc1ccccc1)C(=O)[C@@H]1CCS(=O)(=O)C1. The zero-order valence-corrected chi connectivity index (χ0v) is 12.3. The third kappa shape index (κ3) is 4.29. The number of carbonyl (C=O) groups is 2. The smallest absolute Gasteiger partial charge is 0.323 e. The fourth-order valence-corrected chi connectivity index (χ4v) is 4.16. The molecular weight excluding hydrogens is 294 g/mol. The number of hydrogen-bond donors (Lipinski definition) is 1. The largest absolute Gasteiger partial charge is 0.480 e. The van der Waals surface area contributed by atoms with Gasteiger partial charge in [-0.3, -0.25) is 9.59 Å². The maximum absolute atomic E-state index is 12.4. The van der Waals surface area contributed by atoms with E-state index in [1.54, 1.807) is 24.3 Å². The summed E-state index contributed by atoms with van der Waals surface area (Å²) in [5.74, 6) is -2.33. The number of amides is 1. The van der Waals surface area contributed by atoms with Crippen molar-refractivity contribution in [3.05, 3.63) is 35.9 Å². The molecule has 1 aliphatic rings. The first-order chi connectivity index (χ1) is 9.87. The molecule has 0 unspecified atom stereocenters. The fourth-order valence-electron chi connectivity index (χ4n) is 2.43. The molecule has 1 aromatic carbocycles. The molecule has 1 aliphatic heterocycles. The predicted molar refractivity (Wildman–Crippen MR) is 76.3 cm³/mol. The molecule has 0 aromatic heterocycles. The summed E-state index contributed by atoms with van der Waals surface area (Å²) in [6.07, 6.45) is 0.270. The highest BCUT2D eigenvalue weighted by Gasteiger charge is 2.35. The quantitative estimate of drug-likeness (QED) is 0.856. The van der Waals surface area contributed by atoms with Crippen molar-refractivity contribution in [1.82, 2.24) is 4.90 Å². The number of nitrogens with zero attached hydrogens (tertiary/aromatic N) is 1. The summed E-state index contributed by atoms with van der Waals surface area (Å²) in [4.78, 5) is 24.5. The molecule has 1 fully saturated rings. The number of sulfone groups is 1. The van der Waals surface area contributed by atoms with E-state index in [0.717, 1.165) is 5.56 Å². The first-order valence-corrected chi connectivity index (χ1v) is 8.44. The Morgan fingerprint density at radius 3 is 2.43 bits per heavy atom. The summed E-state index contributed by atoms with van der Waals surface area (Å²) in [6.45, 7) is -0.257. The lowest BCUT2D eigenvalue weighted by molar-refractivity contribution is -0.146. The molecule has 0 bridgehead atoms. The molecule has 7 heteroatoms. The molecule has 1 heterocycles. The van der Waals surface area contributed by atoms with Crippen LogP contribution >= 0.6 is 0 Å². The number of carboxylic acids is 1. The van der Waals surface area contributed by atoms with E-state index in [2.05, 4.69) is 0 Å². The maximum atomic E-state index is 12.4. The van der Waals surface area contributed by atoms with Crippen LogP contribution in [0.1, 0.15) is 12.0 Å². The van der Waals surface area contributed by atoms with Gasteiger partial charge in [0.15, 0.2) is 9.84 Å². The minimum atomic E-state index is -3.17. The Labute approximate surface area is 123 Å². The molecule has 1 N–H and O–H groups in total. The molecule has 0 aliphatic carbocycles. The van der Waals surface area contributed by atoms with Crippen molar-refractivity contribution in [3.8, 4) is 0 Å². The first kappa shape index (κ1) is 15.5.